The molecule has 3 N–H and O–H groups in total. The van der Waals surface area contributed by atoms with Crippen molar-refractivity contribution in [3.8, 4) is 0 Å². The third-order valence-electron chi connectivity index (χ3n) is 2.68. The highest BCUT2D eigenvalue weighted by molar-refractivity contribution is 7.98. The Labute approximate surface area is 122 Å². The number of pyridine rings is 1. The molecule has 0 saturated carbocycles. The summed E-state index contributed by atoms with van der Waals surface area (Å²) in [5.41, 5.74) is 9.52. The minimum Gasteiger partial charge on any atom is -0.389 e. The number of aryl methyl sites for hydroxylation is 1. The van der Waals surface area contributed by atoms with Crippen LogP contribution < -0.4 is 11.1 Å². The molecule has 0 unspecified atom stereocenters. The van der Waals surface area contributed by atoms with Gasteiger partial charge < -0.3 is 11.1 Å². The number of nitrogens with two attached hydrogens (primary N) is 1. The van der Waals surface area contributed by atoms with Crippen LogP contribution in [0, 0.1) is 6.92 Å². The van der Waals surface area contributed by atoms with Crippen LogP contribution in [0.2, 0.25) is 0 Å². The molecule has 2 aromatic rings. The molecule has 0 radical (unpaired) electrons. The van der Waals surface area contributed by atoms with Crippen molar-refractivity contribution in [3.05, 3.63) is 47.8 Å². The zero-order valence-electron chi connectivity index (χ0n) is 10.8. The molecule has 0 aliphatic carbocycles. The molecular formula is C14H15N3S2. The van der Waals surface area contributed by atoms with Crippen LogP contribution in [0.25, 0.3) is 0 Å². The maximum Gasteiger partial charge on any atom is 0.107 e. The number of rotatable bonds is 4. The number of thiocarbonyl (C=S) groups is 1. The number of hydrogen-bond donors (Lipinski definition) is 2. The quantitative estimate of drug-likeness (QED) is 0.666. The summed E-state index contributed by atoms with van der Waals surface area (Å²) >= 11 is 6.78. The molecule has 5 heteroatoms. The van der Waals surface area contributed by atoms with Gasteiger partial charge in [-0.15, -0.1) is 11.8 Å². The fraction of sp³-hybridized carbons (Fsp3) is 0.143. The lowest BCUT2D eigenvalue weighted by atomic mass is 10.1. The van der Waals surface area contributed by atoms with E-state index in [-0.39, 0.29) is 0 Å². The van der Waals surface area contributed by atoms with Gasteiger partial charge in [-0.3, -0.25) is 4.98 Å². The van der Waals surface area contributed by atoms with Gasteiger partial charge in [-0.05, 0) is 37.4 Å². The topological polar surface area (TPSA) is 50.9 Å². The van der Waals surface area contributed by atoms with E-state index in [4.69, 9.17) is 18.0 Å². The van der Waals surface area contributed by atoms with Crippen molar-refractivity contribution in [2.75, 3.05) is 11.6 Å². The van der Waals surface area contributed by atoms with E-state index >= 15 is 0 Å². The first-order chi connectivity index (χ1) is 9.11. The van der Waals surface area contributed by atoms with Crippen molar-refractivity contribution < 1.29 is 0 Å². The van der Waals surface area contributed by atoms with Gasteiger partial charge in [0.25, 0.3) is 0 Å². The molecule has 0 aliphatic heterocycles. The van der Waals surface area contributed by atoms with Crippen molar-refractivity contribution in [1.29, 1.82) is 0 Å². The van der Waals surface area contributed by atoms with Crippen molar-refractivity contribution in [2.45, 2.75) is 11.8 Å². The molecule has 1 aromatic heterocycles. The summed E-state index contributed by atoms with van der Waals surface area (Å²) in [4.78, 5) is 5.72. The molecular weight excluding hydrogens is 274 g/mol. The minimum absolute atomic E-state index is 0.396. The SMILES string of the molecule is CSc1cccc(Nc2ccc(C)nc2)c1C(N)=S. The van der Waals surface area contributed by atoms with Gasteiger partial charge in [0.15, 0.2) is 0 Å². The first-order valence-corrected chi connectivity index (χ1v) is 7.41. The van der Waals surface area contributed by atoms with Crippen LogP contribution >= 0.6 is 24.0 Å². The second-order valence-corrected chi connectivity index (χ2v) is 5.35. The Morgan fingerprint density at radius 3 is 2.68 bits per heavy atom. The van der Waals surface area contributed by atoms with E-state index in [0.717, 1.165) is 27.5 Å². The molecule has 0 saturated heterocycles. The Balaban J connectivity index is 2.39. The Morgan fingerprint density at radius 1 is 1.32 bits per heavy atom. The maximum atomic E-state index is 5.83. The van der Waals surface area contributed by atoms with E-state index in [1.807, 2.05) is 43.5 Å². The molecule has 3 nitrogen and oxygen atoms in total. The van der Waals surface area contributed by atoms with Gasteiger partial charge in [0.05, 0.1) is 11.9 Å². The highest BCUT2D eigenvalue weighted by Gasteiger charge is 2.10. The van der Waals surface area contributed by atoms with E-state index in [2.05, 4.69) is 10.3 Å². The maximum absolute atomic E-state index is 5.83. The van der Waals surface area contributed by atoms with Gasteiger partial charge in [0.2, 0.25) is 0 Å². The normalized spacial score (nSPS) is 10.2. The van der Waals surface area contributed by atoms with Crippen molar-refractivity contribution in [1.82, 2.24) is 4.98 Å². The van der Waals surface area contributed by atoms with Crippen LogP contribution in [0.15, 0.2) is 41.4 Å². The molecule has 1 aromatic carbocycles. The summed E-state index contributed by atoms with van der Waals surface area (Å²) in [5, 5.41) is 3.31. The molecule has 2 rings (SSSR count). The summed E-state index contributed by atoms with van der Waals surface area (Å²) < 4.78 is 0. The molecule has 0 spiro atoms. The predicted molar refractivity (Wildman–Crippen MR) is 86.4 cm³/mol. The number of thioether (sulfide) groups is 1. The average molecular weight is 289 g/mol. The summed E-state index contributed by atoms with van der Waals surface area (Å²) in [6, 6.07) is 9.90. The molecule has 0 amide bonds. The Bertz CT molecular complexity index is 594. The molecule has 98 valence electrons. The number of aromatic nitrogens is 1. The fourth-order valence-electron chi connectivity index (χ4n) is 1.76. The summed E-state index contributed by atoms with van der Waals surface area (Å²) in [6.45, 7) is 1.96. The zero-order chi connectivity index (χ0) is 13.8. The lowest BCUT2D eigenvalue weighted by molar-refractivity contribution is 1.20. The number of nitrogens with zero attached hydrogens (tertiary/aromatic N) is 1. The van der Waals surface area contributed by atoms with Crippen LogP contribution in [-0.4, -0.2) is 16.2 Å². The van der Waals surface area contributed by atoms with Crippen LogP contribution in [0.5, 0.6) is 0 Å². The Kier molecular flexibility index (Phi) is 4.39. The van der Waals surface area contributed by atoms with Gasteiger partial charge in [-0.1, -0.05) is 18.3 Å². The van der Waals surface area contributed by atoms with Crippen LogP contribution in [0.3, 0.4) is 0 Å². The third kappa shape index (κ3) is 3.24. The molecule has 1 heterocycles. The average Bonchev–Trinajstić information content (AvgIpc) is 2.40. The van der Waals surface area contributed by atoms with E-state index in [1.165, 1.54) is 0 Å². The summed E-state index contributed by atoms with van der Waals surface area (Å²) in [5.74, 6) is 0. The minimum atomic E-state index is 0.396. The molecule has 0 fully saturated rings. The Morgan fingerprint density at radius 2 is 2.11 bits per heavy atom. The smallest absolute Gasteiger partial charge is 0.107 e. The van der Waals surface area contributed by atoms with Gasteiger partial charge >= 0.3 is 0 Å². The molecule has 0 bridgehead atoms. The van der Waals surface area contributed by atoms with Gasteiger partial charge in [0, 0.05) is 21.8 Å². The lowest BCUT2D eigenvalue weighted by Crippen LogP contribution is -2.13. The van der Waals surface area contributed by atoms with Crippen molar-refractivity contribution in [2.24, 2.45) is 5.73 Å². The standard InChI is InChI=1S/C14H15N3S2/c1-9-6-7-10(8-16-9)17-11-4-3-5-12(19-2)13(11)14(15)18/h3-8,17H,1-2H3,(H2,15,18). The number of anilines is 2. The first kappa shape index (κ1) is 13.8. The number of benzene rings is 1. The fourth-order valence-corrected chi connectivity index (χ4v) is 2.68. The number of hydrogen-bond acceptors (Lipinski definition) is 4. The van der Waals surface area contributed by atoms with Crippen molar-refractivity contribution in [3.63, 3.8) is 0 Å². The van der Waals surface area contributed by atoms with Crippen LogP contribution in [0.1, 0.15) is 11.3 Å². The summed E-state index contributed by atoms with van der Waals surface area (Å²) in [6.07, 6.45) is 3.80. The van der Waals surface area contributed by atoms with Gasteiger partial charge in [-0.25, -0.2) is 0 Å². The summed E-state index contributed by atoms with van der Waals surface area (Å²) in [7, 11) is 0. The van der Waals surface area contributed by atoms with Crippen LogP contribution in [-0.2, 0) is 0 Å². The lowest BCUT2D eigenvalue weighted by Gasteiger charge is -2.14. The monoisotopic (exact) mass is 289 g/mol. The Hall–Kier alpha value is -1.59. The molecule has 0 atom stereocenters. The molecule has 0 aliphatic rings. The zero-order valence-corrected chi connectivity index (χ0v) is 12.4. The van der Waals surface area contributed by atoms with E-state index < -0.39 is 0 Å². The predicted octanol–water partition coefficient (Wildman–Crippen LogP) is 3.49. The van der Waals surface area contributed by atoms with Crippen LogP contribution in [0.4, 0.5) is 11.4 Å². The van der Waals surface area contributed by atoms with Gasteiger partial charge in [0.1, 0.15) is 4.99 Å². The van der Waals surface area contributed by atoms with Gasteiger partial charge in [-0.2, -0.15) is 0 Å². The second-order valence-electron chi connectivity index (χ2n) is 4.06. The van der Waals surface area contributed by atoms with E-state index in [9.17, 15) is 0 Å². The highest BCUT2D eigenvalue weighted by atomic mass is 32.2. The molecule has 19 heavy (non-hydrogen) atoms. The first-order valence-electron chi connectivity index (χ1n) is 5.78. The van der Waals surface area contributed by atoms with Crippen molar-refractivity contribution >= 4 is 40.3 Å². The third-order valence-corrected chi connectivity index (χ3v) is 3.67. The number of nitrogens with one attached hydrogen (secondary N) is 1. The van der Waals surface area contributed by atoms with E-state index in [0.29, 0.717) is 4.99 Å². The largest absolute Gasteiger partial charge is 0.389 e. The second kappa shape index (κ2) is 6.04. The van der Waals surface area contributed by atoms with E-state index in [1.54, 1.807) is 18.0 Å². The highest BCUT2D eigenvalue weighted by Crippen LogP contribution is 2.29.